The minimum atomic E-state index is -0.302. The molecule has 0 aliphatic heterocycles. The topological polar surface area (TPSA) is 70.7 Å². The molecule has 30 heavy (non-hydrogen) atoms. The molecule has 2 N–H and O–H groups in total. The number of ether oxygens (including phenoxy) is 1. The molecule has 0 spiro atoms. The maximum atomic E-state index is 13.3. The summed E-state index contributed by atoms with van der Waals surface area (Å²) in [5, 5.41) is 6.01. The largest absolute Gasteiger partial charge is 0.497 e. The van der Waals surface area contributed by atoms with Crippen LogP contribution in [0.4, 0.5) is 10.1 Å². The van der Waals surface area contributed by atoms with Gasteiger partial charge < -0.3 is 20.3 Å². The Morgan fingerprint density at radius 1 is 1.13 bits per heavy atom. The highest BCUT2D eigenvalue weighted by atomic mass is 19.1. The summed E-state index contributed by atoms with van der Waals surface area (Å²) >= 11 is 0. The molecule has 0 bridgehead atoms. The van der Waals surface area contributed by atoms with Gasteiger partial charge in [0.1, 0.15) is 11.6 Å². The molecule has 2 amide bonds. The van der Waals surface area contributed by atoms with Crippen LogP contribution >= 0.6 is 0 Å². The highest BCUT2D eigenvalue weighted by Gasteiger charge is 2.27. The van der Waals surface area contributed by atoms with Crippen molar-refractivity contribution in [1.82, 2.24) is 10.2 Å². The molecule has 6 nitrogen and oxygen atoms in total. The Morgan fingerprint density at radius 2 is 1.80 bits per heavy atom. The standard InChI is InChI=1S/C23H30FN3O3/c1-23(2,3)22(16-9-11-17(24)12-10-16)25-14-21(29)27(4)15-20(28)26-18-7-6-8-19(13-18)30-5/h6-13,22,25H,14-15H2,1-5H3,(H,26,28). The predicted octanol–water partition coefficient (Wildman–Crippen LogP) is 3.61. The molecule has 1 atom stereocenters. The third kappa shape index (κ3) is 6.84. The number of amides is 2. The summed E-state index contributed by atoms with van der Waals surface area (Å²) in [4.78, 5) is 26.2. The molecule has 0 saturated carbocycles. The second-order valence-electron chi connectivity index (χ2n) is 8.26. The molecule has 0 radical (unpaired) electrons. The van der Waals surface area contributed by atoms with Gasteiger partial charge >= 0.3 is 0 Å². The van der Waals surface area contributed by atoms with Crippen LogP contribution < -0.4 is 15.4 Å². The minimum absolute atomic E-state index is 0.0578. The minimum Gasteiger partial charge on any atom is -0.497 e. The molecular formula is C23H30FN3O3. The quantitative estimate of drug-likeness (QED) is 0.691. The first-order valence-corrected chi connectivity index (χ1v) is 9.77. The molecule has 1 unspecified atom stereocenters. The molecule has 2 rings (SSSR count). The zero-order valence-electron chi connectivity index (χ0n) is 18.2. The number of hydrogen-bond donors (Lipinski definition) is 2. The number of likely N-dealkylation sites (N-methyl/N-ethyl adjacent to an activating group) is 1. The summed E-state index contributed by atoms with van der Waals surface area (Å²) in [5.41, 5.74) is 1.30. The van der Waals surface area contributed by atoms with Crippen molar-refractivity contribution in [2.24, 2.45) is 5.41 Å². The van der Waals surface area contributed by atoms with Crippen LogP contribution in [0.5, 0.6) is 5.75 Å². The number of nitrogens with one attached hydrogen (secondary N) is 2. The second kappa shape index (κ2) is 10.2. The van der Waals surface area contributed by atoms with Crippen molar-refractivity contribution in [3.05, 3.63) is 59.9 Å². The lowest BCUT2D eigenvalue weighted by Crippen LogP contribution is -2.43. The van der Waals surface area contributed by atoms with Crippen molar-refractivity contribution < 1.29 is 18.7 Å². The molecule has 7 heteroatoms. The van der Waals surface area contributed by atoms with E-state index in [9.17, 15) is 14.0 Å². The third-order valence-electron chi connectivity index (χ3n) is 4.69. The van der Waals surface area contributed by atoms with Gasteiger partial charge in [-0.05, 0) is 35.2 Å². The van der Waals surface area contributed by atoms with Crippen LogP contribution in [0, 0.1) is 11.2 Å². The Labute approximate surface area is 177 Å². The molecular weight excluding hydrogens is 385 g/mol. The van der Waals surface area contributed by atoms with E-state index in [1.54, 1.807) is 50.6 Å². The Kier molecular flexibility index (Phi) is 7.94. The first-order valence-electron chi connectivity index (χ1n) is 9.77. The molecule has 0 aromatic heterocycles. The van der Waals surface area contributed by atoms with Crippen LogP contribution in [0.15, 0.2) is 48.5 Å². The van der Waals surface area contributed by atoms with E-state index in [4.69, 9.17) is 4.74 Å². The monoisotopic (exact) mass is 415 g/mol. The van der Waals surface area contributed by atoms with Gasteiger partial charge in [-0.15, -0.1) is 0 Å². The summed E-state index contributed by atoms with van der Waals surface area (Å²) in [6, 6.07) is 13.1. The summed E-state index contributed by atoms with van der Waals surface area (Å²) in [6.07, 6.45) is 0. The van der Waals surface area contributed by atoms with Gasteiger partial charge in [0, 0.05) is 24.8 Å². The number of hydrogen-bond acceptors (Lipinski definition) is 4. The summed E-state index contributed by atoms with van der Waals surface area (Å²) in [5.74, 6) is -0.183. The zero-order valence-corrected chi connectivity index (χ0v) is 18.2. The number of methoxy groups -OCH3 is 1. The molecule has 2 aromatic rings. The molecule has 0 fully saturated rings. The Balaban J connectivity index is 1.93. The van der Waals surface area contributed by atoms with Gasteiger partial charge in [0.15, 0.2) is 0 Å². The van der Waals surface area contributed by atoms with Crippen LogP contribution in [0.2, 0.25) is 0 Å². The Morgan fingerprint density at radius 3 is 2.40 bits per heavy atom. The van der Waals surface area contributed by atoms with E-state index in [-0.39, 0.29) is 42.2 Å². The number of benzene rings is 2. The first-order chi connectivity index (χ1) is 14.1. The van der Waals surface area contributed by atoms with E-state index < -0.39 is 0 Å². The van der Waals surface area contributed by atoms with Crippen LogP contribution in [0.1, 0.15) is 32.4 Å². The average Bonchev–Trinajstić information content (AvgIpc) is 2.68. The highest BCUT2D eigenvalue weighted by molar-refractivity contribution is 5.94. The van der Waals surface area contributed by atoms with Crippen molar-refractivity contribution in [1.29, 1.82) is 0 Å². The van der Waals surface area contributed by atoms with Gasteiger partial charge in [-0.3, -0.25) is 9.59 Å². The zero-order chi connectivity index (χ0) is 22.3. The smallest absolute Gasteiger partial charge is 0.243 e. The lowest BCUT2D eigenvalue weighted by Gasteiger charge is -2.32. The third-order valence-corrected chi connectivity index (χ3v) is 4.69. The molecule has 162 valence electrons. The van der Waals surface area contributed by atoms with E-state index in [1.165, 1.54) is 17.0 Å². The molecule has 0 aliphatic rings. The molecule has 0 heterocycles. The van der Waals surface area contributed by atoms with Crippen molar-refractivity contribution in [2.75, 3.05) is 32.6 Å². The van der Waals surface area contributed by atoms with E-state index >= 15 is 0 Å². The van der Waals surface area contributed by atoms with Gasteiger partial charge in [-0.25, -0.2) is 4.39 Å². The van der Waals surface area contributed by atoms with Crippen molar-refractivity contribution >= 4 is 17.5 Å². The fraction of sp³-hybridized carbons (Fsp3) is 0.391. The van der Waals surface area contributed by atoms with Gasteiger partial charge in [-0.2, -0.15) is 0 Å². The van der Waals surface area contributed by atoms with E-state index in [2.05, 4.69) is 10.6 Å². The number of anilines is 1. The number of halogens is 1. The lowest BCUT2D eigenvalue weighted by molar-refractivity contribution is -0.132. The fourth-order valence-corrected chi connectivity index (χ4v) is 3.11. The Bertz CT molecular complexity index is 863. The molecule has 0 saturated heterocycles. The maximum Gasteiger partial charge on any atom is 0.243 e. The summed E-state index contributed by atoms with van der Waals surface area (Å²) in [6.45, 7) is 6.12. The molecule has 0 aliphatic carbocycles. The van der Waals surface area contributed by atoms with Crippen LogP contribution in [0.25, 0.3) is 0 Å². The fourth-order valence-electron chi connectivity index (χ4n) is 3.11. The predicted molar refractivity (Wildman–Crippen MR) is 116 cm³/mol. The summed E-state index contributed by atoms with van der Waals surface area (Å²) in [7, 11) is 3.14. The second-order valence-corrected chi connectivity index (χ2v) is 8.26. The first kappa shape index (κ1) is 23.3. The van der Waals surface area contributed by atoms with Gasteiger partial charge in [0.05, 0.1) is 20.2 Å². The van der Waals surface area contributed by atoms with Crippen LogP contribution in [0.3, 0.4) is 0 Å². The lowest BCUT2D eigenvalue weighted by atomic mass is 9.82. The SMILES string of the molecule is COc1cccc(NC(=O)CN(C)C(=O)CNC(c2ccc(F)cc2)C(C)(C)C)c1. The van der Waals surface area contributed by atoms with E-state index in [0.717, 1.165) is 5.56 Å². The number of carbonyl (C=O) groups excluding carboxylic acids is 2. The number of nitrogens with zero attached hydrogens (tertiary/aromatic N) is 1. The normalized spacial score (nSPS) is 12.2. The van der Waals surface area contributed by atoms with Crippen LogP contribution in [-0.2, 0) is 9.59 Å². The van der Waals surface area contributed by atoms with Crippen LogP contribution in [-0.4, -0.2) is 44.0 Å². The average molecular weight is 416 g/mol. The highest BCUT2D eigenvalue weighted by Crippen LogP contribution is 2.32. The summed E-state index contributed by atoms with van der Waals surface area (Å²) < 4.78 is 18.4. The van der Waals surface area contributed by atoms with Crippen molar-refractivity contribution in [2.45, 2.75) is 26.8 Å². The van der Waals surface area contributed by atoms with Crippen molar-refractivity contribution in [3.8, 4) is 5.75 Å². The number of rotatable bonds is 8. The Hall–Kier alpha value is -2.93. The number of carbonyl (C=O) groups is 2. The maximum absolute atomic E-state index is 13.3. The van der Waals surface area contributed by atoms with E-state index in [1.807, 2.05) is 20.8 Å². The van der Waals surface area contributed by atoms with Gasteiger partial charge in [-0.1, -0.05) is 39.0 Å². The van der Waals surface area contributed by atoms with Crippen molar-refractivity contribution in [3.63, 3.8) is 0 Å². The van der Waals surface area contributed by atoms with Gasteiger partial charge in [0.2, 0.25) is 11.8 Å². The van der Waals surface area contributed by atoms with Gasteiger partial charge in [0.25, 0.3) is 0 Å². The molecule has 2 aromatic carbocycles. The van der Waals surface area contributed by atoms with E-state index in [0.29, 0.717) is 11.4 Å².